The summed E-state index contributed by atoms with van der Waals surface area (Å²) in [4.78, 5) is 13.1. The summed E-state index contributed by atoms with van der Waals surface area (Å²) in [7, 11) is -3.87. The number of sulfonamides is 1. The van der Waals surface area contributed by atoms with E-state index in [2.05, 4.69) is 4.83 Å². The Morgan fingerprint density at radius 3 is 2.68 bits per heavy atom. The van der Waals surface area contributed by atoms with Crippen molar-refractivity contribution in [1.82, 2.24) is 9.84 Å². The Morgan fingerprint density at radius 1 is 1.47 bits per heavy atom. The fourth-order valence-electron chi connectivity index (χ4n) is 1.79. The molecule has 0 amide bonds. The maximum Gasteiger partial charge on any atom is 0.347 e. The van der Waals surface area contributed by atoms with Crippen LogP contribution in [0.2, 0.25) is 0 Å². The molecule has 0 aromatic carbocycles. The Hall–Kier alpha value is -1.00. The van der Waals surface area contributed by atoms with E-state index in [1.807, 2.05) is 0 Å². The Morgan fingerprint density at radius 2 is 2.11 bits per heavy atom. The number of aryl methyl sites for hydroxylation is 1. The second-order valence-electron chi connectivity index (χ2n) is 4.08. The predicted octanol–water partition coefficient (Wildman–Crippen LogP) is 0.280. The van der Waals surface area contributed by atoms with Crippen LogP contribution < -0.4 is 4.83 Å². The van der Waals surface area contributed by atoms with E-state index in [0.29, 0.717) is 31.9 Å². The summed E-state index contributed by atoms with van der Waals surface area (Å²) in [5.74, 6) is -1.24. The number of ether oxygens (including phenoxy) is 1. The van der Waals surface area contributed by atoms with Crippen molar-refractivity contribution in [3.8, 4) is 0 Å². The highest BCUT2D eigenvalue weighted by Crippen LogP contribution is 2.26. The fraction of sp³-hybridized carbons (Fsp3) is 0.500. The minimum atomic E-state index is -3.87. The molecule has 7 nitrogen and oxygen atoms in total. The molecule has 0 spiro atoms. The first-order chi connectivity index (χ1) is 8.92. The van der Waals surface area contributed by atoms with E-state index in [4.69, 9.17) is 9.84 Å². The quantitative estimate of drug-likeness (QED) is 0.829. The molecule has 0 radical (unpaired) electrons. The van der Waals surface area contributed by atoms with Gasteiger partial charge in [-0.3, -0.25) is 0 Å². The van der Waals surface area contributed by atoms with E-state index >= 15 is 0 Å². The zero-order valence-corrected chi connectivity index (χ0v) is 11.9. The molecule has 1 fully saturated rings. The minimum Gasteiger partial charge on any atom is -0.477 e. The molecular weight excluding hydrogens is 292 g/mol. The average Bonchev–Trinajstić information content (AvgIpc) is 2.73. The molecule has 0 unspecified atom stereocenters. The van der Waals surface area contributed by atoms with Crippen LogP contribution in [0.25, 0.3) is 0 Å². The van der Waals surface area contributed by atoms with E-state index in [1.54, 1.807) is 6.92 Å². The monoisotopic (exact) mass is 306 g/mol. The van der Waals surface area contributed by atoms with Gasteiger partial charge in [0, 0.05) is 13.1 Å². The maximum absolute atomic E-state index is 12.3. The Balaban J connectivity index is 2.28. The zero-order valence-electron chi connectivity index (χ0n) is 10.2. The number of carbonyl (C=O) groups is 1. The van der Waals surface area contributed by atoms with Crippen LogP contribution in [0.1, 0.15) is 15.2 Å². The molecule has 0 aliphatic carbocycles. The highest BCUT2D eigenvalue weighted by atomic mass is 32.2. The van der Waals surface area contributed by atoms with Gasteiger partial charge in [0.05, 0.1) is 13.2 Å². The van der Waals surface area contributed by atoms with Gasteiger partial charge in [0.15, 0.2) is 0 Å². The first kappa shape index (κ1) is 14.4. The highest BCUT2D eigenvalue weighted by Gasteiger charge is 2.28. The molecule has 1 saturated heterocycles. The van der Waals surface area contributed by atoms with Gasteiger partial charge < -0.3 is 9.84 Å². The first-order valence-corrected chi connectivity index (χ1v) is 7.94. The summed E-state index contributed by atoms with van der Waals surface area (Å²) in [6.07, 6.45) is 0. The molecule has 9 heteroatoms. The Bertz CT molecular complexity index is 575. The number of nitrogens with zero attached hydrogens (tertiary/aromatic N) is 1. The number of hydrazine groups is 1. The van der Waals surface area contributed by atoms with Gasteiger partial charge in [-0.15, -0.1) is 16.2 Å². The second-order valence-corrected chi connectivity index (χ2v) is 6.55. The lowest BCUT2D eigenvalue weighted by Gasteiger charge is -2.26. The van der Waals surface area contributed by atoms with Crippen molar-refractivity contribution in [2.75, 3.05) is 26.3 Å². The number of aromatic carboxylic acids is 1. The van der Waals surface area contributed by atoms with Crippen molar-refractivity contribution >= 4 is 27.3 Å². The number of nitrogens with one attached hydrogen (secondary N) is 1. The van der Waals surface area contributed by atoms with Gasteiger partial charge in [0.1, 0.15) is 9.77 Å². The molecule has 2 N–H and O–H groups in total. The summed E-state index contributed by atoms with van der Waals surface area (Å²) in [6.45, 7) is 3.33. The first-order valence-electron chi connectivity index (χ1n) is 5.58. The van der Waals surface area contributed by atoms with E-state index in [9.17, 15) is 13.2 Å². The number of carboxylic acid groups (broad SMARTS) is 1. The lowest BCUT2D eigenvalue weighted by atomic mass is 10.3. The van der Waals surface area contributed by atoms with Crippen LogP contribution in [-0.2, 0) is 14.8 Å². The average molecular weight is 306 g/mol. The standard InChI is InChI=1S/C10H14N2O5S2/c1-7-6-18-8(10(13)14)9(7)19(15,16)11-12-2-4-17-5-3-12/h6,11H,2-5H2,1H3,(H,13,14). The lowest BCUT2D eigenvalue weighted by Crippen LogP contribution is -2.48. The lowest BCUT2D eigenvalue weighted by molar-refractivity contribution is 0.0272. The van der Waals surface area contributed by atoms with Crippen LogP contribution in [0.3, 0.4) is 0 Å². The number of hydrogen-bond donors (Lipinski definition) is 2. The molecule has 0 bridgehead atoms. The number of hydrogen-bond acceptors (Lipinski definition) is 6. The largest absolute Gasteiger partial charge is 0.477 e. The second kappa shape index (κ2) is 5.55. The van der Waals surface area contributed by atoms with Gasteiger partial charge in [-0.2, -0.15) is 0 Å². The molecule has 2 rings (SSSR count). The molecule has 0 saturated carbocycles. The van der Waals surface area contributed by atoms with Crippen molar-refractivity contribution < 1.29 is 23.1 Å². The minimum absolute atomic E-state index is 0.156. The van der Waals surface area contributed by atoms with Gasteiger partial charge in [-0.05, 0) is 17.9 Å². The van der Waals surface area contributed by atoms with Crippen LogP contribution in [0.5, 0.6) is 0 Å². The smallest absolute Gasteiger partial charge is 0.347 e. The van der Waals surface area contributed by atoms with Gasteiger partial charge in [0.25, 0.3) is 10.0 Å². The van der Waals surface area contributed by atoms with E-state index in [1.165, 1.54) is 10.4 Å². The van der Waals surface area contributed by atoms with Crippen LogP contribution in [-0.4, -0.2) is 50.8 Å². The van der Waals surface area contributed by atoms with Crippen LogP contribution in [0.15, 0.2) is 10.3 Å². The molecule has 106 valence electrons. The third-order valence-corrected chi connectivity index (χ3v) is 5.42. The molecule has 1 aliphatic heterocycles. The number of morpholine rings is 1. The zero-order chi connectivity index (χ0) is 14.0. The molecule has 0 atom stereocenters. The van der Waals surface area contributed by atoms with E-state index in [0.717, 1.165) is 11.3 Å². The van der Waals surface area contributed by atoms with E-state index < -0.39 is 16.0 Å². The Kier molecular flexibility index (Phi) is 4.21. The van der Waals surface area contributed by atoms with Gasteiger partial charge in [0.2, 0.25) is 0 Å². The van der Waals surface area contributed by atoms with Gasteiger partial charge in [-0.25, -0.2) is 18.2 Å². The third kappa shape index (κ3) is 3.12. The summed E-state index contributed by atoms with van der Waals surface area (Å²) in [6, 6.07) is 0. The van der Waals surface area contributed by atoms with Gasteiger partial charge in [-0.1, -0.05) is 0 Å². The SMILES string of the molecule is Cc1csc(C(=O)O)c1S(=O)(=O)NN1CCOCC1. The summed E-state index contributed by atoms with van der Waals surface area (Å²) >= 11 is 0.911. The molecule has 1 aliphatic rings. The van der Waals surface area contributed by atoms with Crippen LogP contribution in [0, 0.1) is 6.92 Å². The maximum atomic E-state index is 12.3. The van der Waals surface area contributed by atoms with Crippen LogP contribution >= 0.6 is 11.3 Å². The number of thiophene rings is 1. The van der Waals surface area contributed by atoms with Crippen LogP contribution in [0.4, 0.5) is 0 Å². The van der Waals surface area contributed by atoms with Crippen molar-refractivity contribution in [3.05, 3.63) is 15.8 Å². The highest BCUT2D eigenvalue weighted by molar-refractivity contribution is 7.89. The molecule has 1 aromatic rings. The summed E-state index contributed by atoms with van der Waals surface area (Å²) in [5, 5.41) is 12.1. The van der Waals surface area contributed by atoms with Gasteiger partial charge >= 0.3 is 5.97 Å². The fourth-order valence-corrected chi connectivity index (χ4v) is 4.54. The molecular formula is C10H14N2O5S2. The van der Waals surface area contributed by atoms with Crippen molar-refractivity contribution in [2.24, 2.45) is 0 Å². The topological polar surface area (TPSA) is 95.9 Å². The molecule has 19 heavy (non-hydrogen) atoms. The van der Waals surface area contributed by atoms with Crippen molar-refractivity contribution in [3.63, 3.8) is 0 Å². The summed E-state index contributed by atoms with van der Waals surface area (Å²) < 4.78 is 29.6. The number of carboxylic acids is 1. The van der Waals surface area contributed by atoms with Crippen molar-refractivity contribution in [1.29, 1.82) is 0 Å². The molecule has 1 aromatic heterocycles. The van der Waals surface area contributed by atoms with Crippen molar-refractivity contribution in [2.45, 2.75) is 11.8 Å². The molecule has 2 heterocycles. The Labute approximate surface area is 114 Å². The normalized spacial score (nSPS) is 17.5. The van der Waals surface area contributed by atoms with E-state index in [-0.39, 0.29) is 9.77 Å². The number of rotatable bonds is 4. The summed E-state index contributed by atoms with van der Waals surface area (Å²) in [5.41, 5.74) is 0.433. The third-order valence-electron chi connectivity index (χ3n) is 2.64. The predicted molar refractivity (Wildman–Crippen MR) is 68.7 cm³/mol.